The van der Waals surface area contributed by atoms with Gasteiger partial charge in [0.2, 0.25) is 11.8 Å². The minimum Gasteiger partial charge on any atom is -0.478 e. The van der Waals surface area contributed by atoms with Crippen molar-refractivity contribution in [3.05, 3.63) is 17.9 Å². The molecule has 1 aromatic rings. The first-order chi connectivity index (χ1) is 8.24. The van der Waals surface area contributed by atoms with Crippen LogP contribution in [0.3, 0.4) is 0 Å². The van der Waals surface area contributed by atoms with Gasteiger partial charge in [-0.3, -0.25) is 0 Å². The van der Waals surface area contributed by atoms with E-state index in [1.54, 1.807) is 0 Å². The molecule has 1 aliphatic carbocycles. The maximum atomic E-state index is 10.3. The minimum absolute atomic E-state index is 0.258. The Balaban J connectivity index is 1.83. The zero-order valence-corrected chi connectivity index (χ0v) is 9.63. The summed E-state index contributed by atoms with van der Waals surface area (Å²) in [6.45, 7) is 0. The van der Waals surface area contributed by atoms with Crippen LogP contribution in [0.2, 0.25) is 0 Å². The van der Waals surface area contributed by atoms with Gasteiger partial charge in [-0.05, 0) is 12.3 Å². The summed E-state index contributed by atoms with van der Waals surface area (Å²) in [5.74, 6) is 0.631. The van der Waals surface area contributed by atoms with E-state index in [0.717, 1.165) is 24.8 Å². The van der Waals surface area contributed by atoms with E-state index < -0.39 is 5.97 Å². The number of rotatable bonds is 5. The van der Waals surface area contributed by atoms with Crippen molar-refractivity contribution in [1.29, 1.82) is 0 Å². The van der Waals surface area contributed by atoms with E-state index >= 15 is 0 Å². The second-order valence-corrected chi connectivity index (χ2v) is 4.39. The van der Waals surface area contributed by atoms with Gasteiger partial charge in [-0.1, -0.05) is 25.7 Å². The number of carbonyl (C=O) groups is 1. The lowest BCUT2D eigenvalue weighted by molar-refractivity contribution is -0.131. The number of aliphatic carboxylic acids is 1. The molecule has 1 heterocycles. The molecule has 0 atom stereocenters. The van der Waals surface area contributed by atoms with Gasteiger partial charge in [0.15, 0.2) is 0 Å². The number of nitrogens with zero attached hydrogens (tertiary/aromatic N) is 2. The lowest BCUT2D eigenvalue weighted by atomic mass is 10.0. The molecule has 0 spiro atoms. The van der Waals surface area contributed by atoms with Crippen LogP contribution in [0.25, 0.3) is 6.08 Å². The third-order valence-electron chi connectivity index (χ3n) is 3.09. The Labute approximate surface area is 99.5 Å². The van der Waals surface area contributed by atoms with E-state index in [2.05, 4.69) is 10.2 Å². The van der Waals surface area contributed by atoms with Crippen LogP contribution in [-0.4, -0.2) is 21.3 Å². The van der Waals surface area contributed by atoms with Crippen molar-refractivity contribution in [3.63, 3.8) is 0 Å². The Hall–Kier alpha value is -1.65. The second-order valence-electron chi connectivity index (χ2n) is 4.39. The molecule has 0 amide bonds. The van der Waals surface area contributed by atoms with E-state index in [9.17, 15) is 4.79 Å². The average molecular weight is 236 g/mol. The van der Waals surface area contributed by atoms with Crippen LogP contribution in [0.15, 0.2) is 10.5 Å². The quantitative estimate of drug-likeness (QED) is 0.794. The predicted octanol–water partition coefficient (Wildman–Crippen LogP) is 2.29. The molecule has 0 aliphatic heterocycles. The predicted molar refractivity (Wildman–Crippen MR) is 61.2 cm³/mol. The first-order valence-corrected chi connectivity index (χ1v) is 5.97. The Morgan fingerprint density at radius 2 is 2.18 bits per heavy atom. The summed E-state index contributed by atoms with van der Waals surface area (Å²) < 4.78 is 5.32. The number of aryl methyl sites for hydroxylation is 1. The largest absolute Gasteiger partial charge is 0.478 e. The highest BCUT2D eigenvalue weighted by Gasteiger charge is 2.16. The van der Waals surface area contributed by atoms with Crippen LogP contribution in [-0.2, 0) is 11.2 Å². The fraction of sp³-hybridized carbons (Fsp3) is 0.583. The maximum absolute atomic E-state index is 10.3. The van der Waals surface area contributed by atoms with Gasteiger partial charge in [0, 0.05) is 18.6 Å². The SMILES string of the molecule is O=C(O)/C=C/c1nnc(CCC2CCCC2)o1. The van der Waals surface area contributed by atoms with Crippen molar-refractivity contribution in [3.8, 4) is 0 Å². The van der Waals surface area contributed by atoms with Gasteiger partial charge in [0.25, 0.3) is 0 Å². The molecule has 1 N–H and O–H groups in total. The number of aromatic nitrogens is 2. The Bertz CT molecular complexity index is 406. The Morgan fingerprint density at radius 1 is 1.41 bits per heavy atom. The van der Waals surface area contributed by atoms with Crippen molar-refractivity contribution in [2.75, 3.05) is 0 Å². The maximum Gasteiger partial charge on any atom is 0.328 e. The van der Waals surface area contributed by atoms with Crippen LogP contribution in [0.4, 0.5) is 0 Å². The average Bonchev–Trinajstić information content (AvgIpc) is 2.95. The molecule has 1 saturated carbocycles. The van der Waals surface area contributed by atoms with E-state index in [4.69, 9.17) is 9.52 Å². The van der Waals surface area contributed by atoms with Crippen LogP contribution in [0.5, 0.6) is 0 Å². The fourth-order valence-electron chi connectivity index (χ4n) is 2.20. The highest BCUT2D eigenvalue weighted by atomic mass is 16.4. The van der Waals surface area contributed by atoms with Crippen molar-refractivity contribution < 1.29 is 14.3 Å². The molecule has 1 aliphatic rings. The Morgan fingerprint density at radius 3 is 2.88 bits per heavy atom. The molecule has 1 aromatic heterocycles. The van der Waals surface area contributed by atoms with Crippen molar-refractivity contribution >= 4 is 12.0 Å². The van der Waals surface area contributed by atoms with Crippen molar-refractivity contribution in [1.82, 2.24) is 10.2 Å². The zero-order valence-electron chi connectivity index (χ0n) is 9.63. The van der Waals surface area contributed by atoms with Gasteiger partial charge in [0.1, 0.15) is 0 Å². The molecule has 0 saturated heterocycles. The molecule has 5 heteroatoms. The number of hydrogen-bond acceptors (Lipinski definition) is 4. The summed E-state index contributed by atoms with van der Waals surface area (Å²) in [5.41, 5.74) is 0. The Kier molecular flexibility index (Phi) is 3.90. The van der Waals surface area contributed by atoms with Gasteiger partial charge in [-0.25, -0.2) is 4.79 Å². The molecule has 0 aromatic carbocycles. The summed E-state index contributed by atoms with van der Waals surface area (Å²) in [4.78, 5) is 10.3. The number of carboxylic acid groups (broad SMARTS) is 1. The standard InChI is InChI=1S/C12H16N2O3/c15-12(16)8-7-11-14-13-10(17-11)6-5-9-3-1-2-4-9/h7-9H,1-6H2,(H,15,16)/b8-7+. The number of carboxylic acids is 1. The smallest absolute Gasteiger partial charge is 0.328 e. The third kappa shape index (κ3) is 3.69. The van der Waals surface area contributed by atoms with Gasteiger partial charge in [-0.2, -0.15) is 0 Å². The van der Waals surface area contributed by atoms with E-state index in [-0.39, 0.29) is 5.89 Å². The first-order valence-electron chi connectivity index (χ1n) is 5.97. The highest BCUT2D eigenvalue weighted by Crippen LogP contribution is 2.28. The fourth-order valence-corrected chi connectivity index (χ4v) is 2.20. The summed E-state index contributed by atoms with van der Waals surface area (Å²) in [7, 11) is 0. The van der Waals surface area contributed by atoms with Gasteiger partial charge < -0.3 is 9.52 Å². The normalized spacial score (nSPS) is 16.9. The molecule has 5 nitrogen and oxygen atoms in total. The van der Waals surface area contributed by atoms with Gasteiger partial charge in [-0.15, -0.1) is 10.2 Å². The molecular weight excluding hydrogens is 220 g/mol. The summed E-state index contributed by atoms with van der Waals surface area (Å²) >= 11 is 0. The van der Waals surface area contributed by atoms with Crippen LogP contribution < -0.4 is 0 Å². The molecule has 0 radical (unpaired) electrons. The molecule has 1 fully saturated rings. The number of hydrogen-bond donors (Lipinski definition) is 1. The molecule has 92 valence electrons. The topological polar surface area (TPSA) is 76.2 Å². The molecule has 17 heavy (non-hydrogen) atoms. The van der Waals surface area contributed by atoms with Gasteiger partial charge >= 0.3 is 5.97 Å². The van der Waals surface area contributed by atoms with Crippen LogP contribution >= 0.6 is 0 Å². The van der Waals surface area contributed by atoms with Crippen molar-refractivity contribution in [2.45, 2.75) is 38.5 Å². The second kappa shape index (κ2) is 5.61. The minimum atomic E-state index is -1.02. The lowest BCUT2D eigenvalue weighted by Gasteiger charge is -2.04. The zero-order chi connectivity index (χ0) is 12.1. The van der Waals surface area contributed by atoms with Crippen molar-refractivity contribution in [2.24, 2.45) is 5.92 Å². The highest BCUT2D eigenvalue weighted by molar-refractivity contribution is 5.84. The van der Waals surface area contributed by atoms with Crippen LogP contribution in [0.1, 0.15) is 43.9 Å². The lowest BCUT2D eigenvalue weighted by Crippen LogP contribution is -1.96. The summed E-state index contributed by atoms with van der Waals surface area (Å²) in [6.07, 6.45) is 9.47. The first kappa shape index (κ1) is 11.8. The van der Waals surface area contributed by atoms with Crippen LogP contribution in [0, 0.1) is 5.92 Å². The van der Waals surface area contributed by atoms with Gasteiger partial charge in [0.05, 0.1) is 0 Å². The summed E-state index contributed by atoms with van der Waals surface area (Å²) in [6, 6.07) is 0. The molecule has 0 bridgehead atoms. The van der Waals surface area contributed by atoms with E-state index in [0.29, 0.717) is 5.89 Å². The summed E-state index contributed by atoms with van der Waals surface area (Å²) in [5, 5.41) is 16.1. The monoisotopic (exact) mass is 236 g/mol. The molecule has 2 rings (SSSR count). The third-order valence-corrected chi connectivity index (χ3v) is 3.09. The van der Waals surface area contributed by atoms with E-state index in [1.807, 2.05) is 0 Å². The van der Waals surface area contributed by atoms with E-state index in [1.165, 1.54) is 31.8 Å². The molecule has 0 unspecified atom stereocenters. The molecular formula is C12H16N2O3.